The van der Waals surface area contributed by atoms with Crippen molar-refractivity contribution in [1.82, 2.24) is 0 Å². The summed E-state index contributed by atoms with van der Waals surface area (Å²) in [5.74, 6) is 0. The molecule has 0 aromatic rings. The van der Waals surface area contributed by atoms with Crippen LogP contribution in [0.5, 0.6) is 0 Å². The predicted molar refractivity (Wildman–Crippen MR) is 84.8 cm³/mol. The summed E-state index contributed by atoms with van der Waals surface area (Å²) in [4.78, 5) is 0. The molecule has 1 rings (SSSR count). The topological polar surface area (TPSA) is 43.4 Å². The SMILES string of the molecule is CCCC(CCC)S(=O)(=O)C1CCC(OC(C)C)CC1. The number of hydrogen-bond donors (Lipinski definition) is 0. The lowest BCUT2D eigenvalue weighted by molar-refractivity contribution is -0.0113. The van der Waals surface area contributed by atoms with E-state index in [0.717, 1.165) is 51.4 Å². The third kappa shape index (κ3) is 5.03. The fourth-order valence-electron chi connectivity index (χ4n) is 3.27. The van der Waals surface area contributed by atoms with Gasteiger partial charge in [-0.3, -0.25) is 0 Å². The predicted octanol–water partition coefficient (Wildman–Crippen LogP) is 4.11. The van der Waals surface area contributed by atoms with Crippen LogP contribution in [0.3, 0.4) is 0 Å². The molecular formula is C16H32O3S. The van der Waals surface area contributed by atoms with Gasteiger partial charge in [0.25, 0.3) is 0 Å². The zero-order valence-corrected chi connectivity index (χ0v) is 14.4. The van der Waals surface area contributed by atoms with Crippen LogP contribution in [0.4, 0.5) is 0 Å². The van der Waals surface area contributed by atoms with Crippen LogP contribution >= 0.6 is 0 Å². The summed E-state index contributed by atoms with van der Waals surface area (Å²) in [6, 6.07) is 0. The second-order valence-electron chi connectivity index (χ2n) is 6.37. The molecule has 0 heterocycles. The van der Waals surface area contributed by atoms with Gasteiger partial charge < -0.3 is 4.74 Å². The molecule has 4 heteroatoms. The summed E-state index contributed by atoms with van der Waals surface area (Å²) in [5.41, 5.74) is 0. The Labute approximate surface area is 125 Å². The second kappa shape index (κ2) is 8.38. The first kappa shape index (κ1) is 18.0. The normalized spacial score (nSPS) is 24.5. The van der Waals surface area contributed by atoms with E-state index in [1.165, 1.54) is 0 Å². The van der Waals surface area contributed by atoms with Crippen molar-refractivity contribution < 1.29 is 13.2 Å². The minimum atomic E-state index is -2.96. The summed E-state index contributed by atoms with van der Waals surface area (Å²) < 4.78 is 31.3. The van der Waals surface area contributed by atoms with Gasteiger partial charge in [0.1, 0.15) is 0 Å². The molecule has 0 amide bonds. The maximum absolute atomic E-state index is 12.8. The van der Waals surface area contributed by atoms with Crippen molar-refractivity contribution in [2.45, 2.75) is 102 Å². The van der Waals surface area contributed by atoms with Crippen LogP contribution < -0.4 is 0 Å². The number of sulfone groups is 1. The number of rotatable bonds is 8. The lowest BCUT2D eigenvalue weighted by atomic mass is 9.97. The highest BCUT2D eigenvalue weighted by Crippen LogP contribution is 2.31. The molecule has 0 saturated heterocycles. The molecule has 0 bridgehead atoms. The van der Waals surface area contributed by atoms with E-state index in [4.69, 9.17) is 4.74 Å². The molecule has 0 unspecified atom stereocenters. The van der Waals surface area contributed by atoms with Gasteiger partial charge in [-0.1, -0.05) is 26.7 Å². The third-order valence-corrected chi connectivity index (χ3v) is 7.04. The van der Waals surface area contributed by atoms with E-state index in [1.54, 1.807) is 0 Å². The van der Waals surface area contributed by atoms with Gasteiger partial charge >= 0.3 is 0 Å². The number of ether oxygens (including phenoxy) is 1. The van der Waals surface area contributed by atoms with Crippen LogP contribution in [-0.2, 0) is 14.6 Å². The maximum Gasteiger partial charge on any atom is 0.156 e. The first-order valence-corrected chi connectivity index (χ1v) is 9.90. The molecule has 0 radical (unpaired) electrons. The zero-order valence-electron chi connectivity index (χ0n) is 13.6. The minimum Gasteiger partial charge on any atom is -0.376 e. The van der Waals surface area contributed by atoms with E-state index in [9.17, 15) is 8.42 Å². The molecule has 0 aromatic heterocycles. The van der Waals surface area contributed by atoms with Crippen molar-refractivity contribution >= 4 is 9.84 Å². The molecule has 0 spiro atoms. The van der Waals surface area contributed by atoms with Crippen LogP contribution in [0.25, 0.3) is 0 Å². The first-order valence-electron chi connectivity index (χ1n) is 8.29. The van der Waals surface area contributed by atoms with Crippen LogP contribution in [0.15, 0.2) is 0 Å². The van der Waals surface area contributed by atoms with E-state index in [0.29, 0.717) is 0 Å². The molecule has 1 aliphatic rings. The summed E-state index contributed by atoms with van der Waals surface area (Å²) in [7, 11) is -2.96. The van der Waals surface area contributed by atoms with Crippen molar-refractivity contribution in [3.05, 3.63) is 0 Å². The van der Waals surface area contributed by atoms with Gasteiger partial charge in [0.2, 0.25) is 0 Å². The smallest absolute Gasteiger partial charge is 0.156 e. The van der Waals surface area contributed by atoms with Crippen LogP contribution in [0, 0.1) is 0 Å². The molecule has 0 atom stereocenters. The van der Waals surface area contributed by atoms with E-state index < -0.39 is 9.84 Å². The van der Waals surface area contributed by atoms with Crippen molar-refractivity contribution in [3.63, 3.8) is 0 Å². The summed E-state index contributed by atoms with van der Waals surface area (Å²) in [6.45, 7) is 8.24. The maximum atomic E-state index is 12.8. The largest absolute Gasteiger partial charge is 0.376 e. The molecule has 0 N–H and O–H groups in total. The third-order valence-electron chi connectivity index (χ3n) is 4.24. The Bertz CT molecular complexity index is 348. The highest BCUT2D eigenvalue weighted by atomic mass is 32.2. The standard InChI is InChI=1S/C16H32O3S/c1-5-7-15(8-6-2)20(17,18)16-11-9-14(10-12-16)19-13(3)4/h13-16H,5-12H2,1-4H3. The first-order chi connectivity index (χ1) is 9.41. The zero-order chi connectivity index (χ0) is 15.2. The van der Waals surface area contributed by atoms with Gasteiger partial charge in [-0.2, -0.15) is 0 Å². The average Bonchev–Trinajstić information content (AvgIpc) is 2.38. The van der Waals surface area contributed by atoms with E-state index >= 15 is 0 Å². The highest BCUT2D eigenvalue weighted by molar-refractivity contribution is 7.92. The molecule has 3 nitrogen and oxygen atoms in total. The van der Waals surface area contributed by atoms with Gasteiger partial charge in [-0.05, 0) is 52.4 Å². The van der Waals surface area contributed by atoms with Gasteiger partial charge in [0.05, 0.1) is 22.7 Å². The summed E-state index contributed by atoms with van der Waals surface area (Å²) in [5, 5.41) is -0.248. The summed E-state index contributed by atoms with van der Waals surface area (Å²) >= 11 is 0. The molecular weight excluding hydrogens is 272 g/mol. The Morgan fingerprint density at radius 3 is 1.90 bits per heavy atom. The van der Waals surface area contributed by atoms with E-state index in [-0.39, 0.29) is 22.7 Å². The van der Waals surface area contributed by atoms with Gasteiger partial charge in [-0.25, -0.2) is 8.42 Å². The van der Waals surface area contributed by atoms with Crippen molar-refractivity contribution in [2.75, 3.05) is 0 Å². The van der Waals surface area contributed by atoms with Gasteiger partial charge in [0.15, 0.2) is 9.84 Å². The summed E-state index contributed by atoms with van der Waals surface area (Å²) in [6.07, 6.45) is 7.40. The number of hydrogen-bond acceptors (Lipinski definition) is 3. The fraction of sp³-hybridized carbons (Fsp3) is 1.00. The minimum absolute atomic E-state index is 0.120. The monoisotopic (exact) mass is 304 g/mol. The Kier molecular flexibility index (Phi) is 7.52. The van der Waals surface area contributed by atoms with Crippen molar-refractivity contribution in [3.8, 4) is 0 Å². The van der Waals surface area contributed by atoms with Gasteiger partial charge in [0, 0.05) is 0 Å². The Hall–Kier alpha value is -0.0900. The van der Waals surface area contributed by atoms with E-state index in [2.05, 4.69) is 13.8 Å². The molecule has 1 saturated carbocycles. The van der Waals surface area contributed by atoms with Crippen LogP contribution in [-0.4, -0.2) is 31.1 Å². The van der Waals surface area contributed by atoms with Crippen molar-refractivity contribution in [1.29, 1.82) is 0 Å². The Morgan fingerprint density at radius 2 is 1.50 bits per heavy atom. The lowest BCUT2D eigenvalue weighted by Crippen LogP contribution is -2.37. The van der Waals surface area contributed by atoms with Gasteiger partial charge in [-0.15, -0.1) is 0 Å². The second-order valence-corrected chi connectivity index (χ2v) is 8.88. The molecule has 20 heavy (non-hydrogen) atoms. The molecule has 0 aliphatic heterocycles. The van der Waals surface area contributed by atoms with E-state index in [1.807, 2.05) is 13.8 Å². The Balaban J connectivity index is 2.61. The van der Waals surface area contributed by atoms with Crippen LogP contribution in [0.2, 0.25) is 0 Å². The molecule has 0 aromatic carbocycles. The van der Waals surface area contributed by atoms with Crippen LogP contribution in [0.1, 0.15) is 79.1 Å². The highest BCUT2D eigenvalue weighted by Gasteiger charge is 2.36. The fourth-order valence-corrected chi connectivity index (χ4v) is 5.87. The average molecular weight is 304 g/mol. The lowest BCUT2D eigenvalue weighted by Gasteiger charge is -2.31. The molecule has 1 fully saturated rings. The molecule has 120 valence electrons. The quantitative estimate of drug-likeness (QED) is 0.678. The molecule has 1 aliphatic carbocycles. The van der Waals surface area contributed by atoms with Crippen molar-refractivity contribution in [2.24, 2.45) is 0 Å². The Morgan fingerprint density at radius 1 is 1.00 bits per heavy atom.